The number of nitrogens with zero attached hydrogens (tertiary/aromatic N) is 1. The zero-order valence-electron chi connectivity index (χ0n) is 10.8. The van der Waals surface area contributed by atoms with Crippen molar-refractivity contribution in [2.75, 3.05) is 13.7 Å². The Morgan fingerprint density at radius 2 is 2.16 bits per heavy atom. The van der Waals surface area contributed by atoms with Crippen LogP contribution in [0.1, 0.15) is 12.0 Å². The highest BCUT2D eigenvalue weighted by Gasteiger charge is 2.26. The van der Waals surface area contributed by atoms with Crippen molar-refractivity contribution < 1.29 is 9.53 Å². The van der Waals surface area contributed by atoms with Crippen LogP contribution >= 0.6 is 22.6 Å². The van der Waals surface area contributed by atoms with E-state index < -0.39 is 0 Å². The summed E-state index contributed by atoms with van der Waals surface area (Å²) >= 11 is 2.18. The maximum atomic E-state index is 12.0. The van der Waals surface area contributed by atoms with E-state index in [1.54, 1.807) is 11.0 Å². The smallest absolute Gasteiger partial charge is 0.240 e. The minimum absolute atomic E-state index is 0.0431. The summed E-state index contributed by atoms with van der Waals surface area (Å²) in [7, 11) is 1.82. The zero-order valence-corrected chi connectivity index (χ0v) is 13.0. The molecule has 0 saturated carbocycles. The van der Waals surface area contributed by atoms with Crippen LogP contribution in [0.5, 0.6) is 5.75 Å². The molecule has 1 aromatic carbocycles. The molecule has 1 heterocycles. The number of rotatable bonds is 4. The van der Waals surface area contributed by atoms with Crippen molar-refractivity contribution >= 4 is 34.2 Å². The van der Waals surface area contributed by atoms with Crippen molar-refractivity contribution in [3.05, 3.63) is 48.6 Å². The third kappa shape index (κ3) is 3.18. The molecule has 0 N–H and O–H groups in total. The van der Waals surface area contributed by atoms with Gasteiger partial charge in [0.25, 0.3) is 0 Å². The molecule has 1 unspecified atom stereocenters. The number of carbonyl (C=O) groups is 1. The van der Waals surface area contributed by atoms with Gasteiger partial charge in [-0.15, -0.1) is 0 Å². The van der Waals surface area contributed by atoms with Crippen molar-refractivity contribution in [3.63, 3.8) is 0 Å². The second-order valence-corrected chi connectivity index (χ2v) is 5.82. The third-order valence-electron chi connectivity index (χ3n) is 3.00. The summed E-state index contributed by atoms with van der Waals surface area (Å²) in [6.07, 6.45) is 4.61. The highest BCUT2D eigenvalue weighted by molar-refractivity contribution is 14.1. The number of ether oxygens (including phenoxy) is 1. The summed E-state index contributed by atoms with van der Waals surface area (Å²) in [5, 5.41) is 0. The number of carbonyl (C=O) groups excluding carboxylic acids is 1. The standard InChI is InChI=1S/C15H16INO2/c1-3-10-19-12-6-4-11(5-7-12)14-9-8-13(16)15(18)17(14)2/h3-7,9,13H,1,8,10H2,2H3. The topological polar surface area (TPSA) is 29.5 Å². The van der Waals surface area contributed by atoms with E-state index in [2.05, 4.69) is 35.2 Å². The lowest BCUT2D eigenvalue weighted by Gasteiger charge is -2.27. The Balaban J connectivity index is 2.18. The van der Waals surface area contributed by atoms with E-state index >= 15 is 0 Å². The number of hydrogen-bond donors (Lipinski definition) is 0. The lowest BCUT2D eigenvalue weighted by Crippen LogP contribution is -2.35. The maximum Gasteiger partial charge on any atom is 0.240 e. The Labute approximate surface area is 127 Å². The molecule has 1 atom stereocenters. The van der Waals surface area contributed by atoms with E-state index in [9.17, 15) is 4.79 Å². The molecular formula is C15H16INO2. The van der Waals surface area contributed by atoms with Gasteiger partial charge in [0.15, 0.2) is 0 Å². The van der Waals surface area contributed by atoms with Gasteiger partial charge in [0.2, 0.25) is 5.91 Å². The molecule has 0 aliphatic carbocycles. The first-order valence-electron chi connectivity index (χ1n) is 6.09. The summed E-state index contributed by atoms with van der Waals surface area (Å²) in [6, 6.07) is 7.77. The second-order valence-electron chi connectivity index (χ2n) is 4.31. The van der Waals surface area contributed by atoms with Crippen LogP contribution < -0.4 is 4.74 Å². The largest absolute Gasteiger partial charge is 0.490 e. The Morgan fingerprint density at radius 1 is 1.47 bits per heavy atom. The van der Waals surface area contributed by atoms with Gasteiger partial charge in [-0.25, -0.2) is 0 Å². The van der Waals surface area contributed by atoms with Gasteiger partial charge in [-0.05, 0) is 36.2 Å². The van der Waals surface area contributed by atoms with E-state index in [-0.39, 0.29) is 9.83 Å². The molecule has 0 aromatic heterocycles. The first-order valence-corrected chi connectivity index (χ1v) is 7.34. The van der Waals surface area contributed by atoms with Gasteiger partial charge in [0.05, 0.1) is 3.92 Å². The Bertz CT molecular complexity index is 507. The molecule has 1 aliphatic rings. The number of alkyl halides is 1. The first-order chi connectivity index (χ1) is 9.13. The maximum absolute atomic E-state index is 12.0. The van der Waals surface area contributed by atoms with E-state index in [0.717, 1.165) is 23.4 Å². The van der Waals surface area contributed by atoms with E-state index in [4.69, 9.17) is 4.74 Å². The van der Waals surface area contributed by atoms with Gasteiger partial charge < -0.3 is 9.64 Å². The lowest BCUT2D eigenvalue weighted by atomic mass is 10.1. The van der Waals surface area contributed by atoms with Gasteiger partial charge in [-0.3, -0.25) is 4.79 Å². The molecule has 1 amide bonds. The quantitative estimate of drug-likeness (QED) is 0.463. The van der Waals surface area contributed by atoms with E-state index in [0.29, 0.717) is 6.61 Å². The molecule has 19 heavy (non-hydrogen) atoms. The summed E-state index contributed by atoms with van der Waals surface area (Å²) in [4.78, 5) is 13.7. The third-order valence-corrected chi connectivity index (χ3v) is 4.04. The van der Waals surface area contributed by atoms with Gasteiger partial charge in [-0.1, -0.05) is 41.3 Å². The van der Waals surface area contributed by atoms with E-state index in [1.807, 2.05) is 31.3 Å². The molecule has 100 valence electrons. The lowest BCUT2D eigenvalue weighted by molar-refractivity contribution is -0.126. The molecule has 0 radical (unpaired) electrons. The van der Waals surface area contributed by atoms with Gasteiger partial charge in [0.1, 0.15) is 12.4 Å². The van der Waals surface area contributed by atoms with Crippen molar-refractivity contribution in [2.45, 2.75) is 10.3 Å². The van der Waals surface area contributed by atoms with Crippen LogP contribution in [0.25, 0.3) is 5.70 Å². The van der Waals surface area contributed by atoms with Crippen molar-refractivity contribution in [3.8, 4) is 5.75 Å². The summed E-state index contributed by atoms with van der Waals surface area (Å²) < 4.78 is 5.49. The minimum atomic E-state index is 0.0431. The van der Waals surface area contributed by atoms with Crippen LogP contribution in [-0.2, 0) is 4.79 Å². The van der Waals surface area contributed by atoms with E-state index in [1.165, 1.54) is 0 Å². The molecule has 0 saturated heterocycles. The van der Waals surface area contributed by atoms with Crippen molar-refractivity contribution in [1.82, 2.24) is 4.90 Å². The number of allylic oxidation sites excluding steroid dienone is 1. The zero-order chi connectivity index (χ0) is 13.8. The van der Waals surface area contributed by atoms with Gasteiger partial charge >= 0.3 is 0 Å². The monoisotopic (exact) mass is 369 g/mol. The average molecular weight is 369 g/mol. The minimum Gasteiger partial charge on any atom is -0.490 e. The SMILES string of the molecule is C=CCOc1ccc(C2=CCC(I)C(=O)N2C)cc1. The van der Waals surface area contributed by atoms with Crippen LogP contribution in [-0.4, -0.2) is 28.4 Å². The second kappa shape index (κ2) is 6.23. The molecule has 0 bridgehead atoms. The Morgan fingerprint density at radius 3 is 2.79 bits per heavy atom. The average Bonchev–Trinajstić information content (AvgIpc) is 2.44. The fourth-order valence-electron chi connectivity index (χ4n) is 1.97. The first kappa shape index (κ1) is 14.1. The number of benzene rings is 1. The van der Waals surface area contributed by atoms with Crippen molar-refractivity contribution in [1.29, 1.82) is 0 Å². The fourth-order valence-corrected chi connectivity index (χ4v) is 2.64. The Kier molecular flexibility index (Phi) is 4.63. The molecular weight excluding hydrogens is 353 g/mol. The summed E-state index contributed by atoms with van der Waals surface area (Å²) in [6.45, 7) is 4.11. The molecule has 0 spiro atoms. The highest BCUT2D eigenvalue weighted by Crippen LogP contribution is 2.28. The highest BCUT2D eigenvalue weighted by atomic mass is 127. The normalized spacial score (nSPS) is 19.1. The molecule has 1 aliphatic heterocycles. The van der Waals surface area contributed by atoms with Gasteiger partial charge in [0, 0.05) is 12.7 Å². The number of halogens is 1. The fraction of sp³-hybridized carbons (Fsp3) is 0.267. The predicted molar refractivity (Wildman–Crippen MR) is 85.3 cm³/mol. The van der Waals surface area contributed by atoms with Crippen LogP contribution in [0.15, 0.2) is 43.0 Å². The Hall–Kier alpha value is -1.30. The molecule has 4 heteroatoms. The molecule has 1 aromatic rings. The number of hydrogen-bond acceptors (Lipinski definition) is 2. The van der Waals surface area contributed by atoms with Crippen LogP contribution in [0, 0.1) is 0 Å². The number of amides is 1. The molecule has 2 rings (SSSR count). The van der Waals surface area contributed by atoms with Crippen molar-refractivity contribution in [2.24, 2.45) is 0 Å². The molecule has 3 nitrogen and oxygen atoms in total. The van der Waals surface area contributed by atoms with Crippen LogP contribution in [0.2, 0.25) is 0 Å². The summed E-state index contributed by atoms with van der Waals surface area (Å²) in [5.74, 6) is 0.964. The predicted octanol–water partition coefficient (Wildman–Crippen LogP) is 3.26. The molecule has 0 fully saturated rings. The van der Waals surface area contributed by atoms with Gasteiger partial charge in [-0.2, -0.15) is 0 Å². The summed E-state index contributed by atoms with van der Waals surface area (Å²) in [5.41, 5.74) is 2.00. The van der Waals surface area contributed by atoms with Crippen LogP contribution in [0.4, 0.5) is 0 Å². The van der Waals surface area contributed by atoms with Crippen LogP contribution in [0.3, 0.4) is 0 Å².